The molecule has 0 spiro atoms. The van der Waals surface area contributed by atoms with Crippen LogP contribution in [0.1, 0.15) is 18.7 Å². The topological polar surface area (TPSA) is 56.7 Å². The second-order valence-electron chi connectivity index (χ2n) is 3.47. The summed E-state index contributed by atoms with van der Waals surface area (Å²) in [6, 6.07) is 5.63. The lowest BCUT2D eigenvalue weighted by molar-refractivity contribution is 0.756. The molecule has 16 heavy (non-hydrogen) atoms. The van der Waals surface area contributed by atoms with Gasteiger partial charge in [0.2, 0.25) is 0 Å². The Balaban J connectivity index is 2.42. The van der Waals surface area contributed by atoms with Crippen molar-refractivity contribution in [2.75, 3.05) is 0 Å². The Morgan fingerprint density at radius 2 is 2.25 bits per heavy atom. The summed E-state index contributed by atoms with van der Waals surface area (Å²) in [5.41, 5.74) is 7.27. The number of nitrogens with zero attached hydrogens (tertiary/aromatic N) is 3. The third kappa shape index (κ3) is 2.36. The summed E-state index contributed by atoms with van der Waals surface area (Å²) in [6.07, 6.45) is 1.79. The molecule has 0 amide bonds. The van der Waals surface area contributed by atoms with E-state index in [0.29, 0.717) is 5.02 Å². The van der Waals surface area contributed by atoms with E-state index in [1.165, 1.54) is 0 Å². The highest BCUT2D eigenvalue weighted by molar-refractivity contribution is 14.1. The van der Waals surface area contributed by atoms with Crippen LogP contribution in [-0.2, 0) is 0 Å². The first kappa shape index (κ1) is 11.8. The molecule has 1 heterocycles. The molecule has 6 heteroatoms. The largest absolute Gasteiger partial charge is 0.323 e. The van der Waals surface area contributed by atoms with E-state index < -0.39 is 0 Å². The highest BCUT2D eigenvalue weighted by Gasteiger charge is 2.09. The normalized spacial score (nSPS) is 12.8. The minimum atomic E-state index is -0.128. The van der Waals surface area contributed by atoms with Crippen LogP contribution in [0, 0.1) is 3.57 Å². The van der Waals surface area contributed by atoms with Crippen LogP contribution in [0.3, 0.4) is 0 Å². The maximum Gasteiger partial charge on any atom is 0.0995 e. The molecule has 2 rings (SSSR count). The van der Waals surface area contributed by atoms with E-state index >= 15 is 0 Å². The van der Waals surface area contributed by atoms with Crippen LogP contribution in [0.2, 0.25) is 5.02 Å². The molecular weight excluding hydrogens is 338 g/mol. The van der Waals surface area contributed by atoms with Crippen molar-refractivity contribution in [3.05, 3.63) is 38.7 Å². The predicted molar refractivity (Wildman–Crippen MR) is 71.7 cm³/mol. The first-order chi connectivity index (χ1) is 7.58. The van der Waals surface area contributed by atoms with Gasteiger partial charge in [0.15, 0.2) is 0 Å². The van der Waals surface area contributed by atoms with Gasteiger partial charge in [-0.1, -0.05) is 16.8 Å². The van der Waals surface area contributed by atoms with Crippen molar-refractivity contribution in [3.63, 3.8) is 0 Å². The number of nitrogens with two attached hydrogens (primary N) is 1. The Morgan fingerprint density at radius 3 is 2.81 bits per heavy atom. The highest BCUT2D eigenvalue weighted by atomic mass is 127. The first-order valence-corrected chi connectivity index (χ1v) is 6.17. The standard InChI is InChI=1S/C10H10ClIN4/c1-6(13)9-5-16(15-14-9)10-3-2-7(12)4-8(10)11/h2-6H,13H2,1H3. The zero-order chi connectivity index (χ0) is 11.7. The molecule has 0 aliphatic rings. The van der Waals surface area contributed by atoms with Crippen LogP contribution in [0.4, 0.5) is 0 Å². The zero-order valence-electron chi connectivity index (χ0n) is 8.56. The molecule has 1 aromatic heterocycles. The summed E-state index contributed by atoms with van der Waals surface area (Å²) in [7, 11) is 0. The van der Waals surface area contributed by atoms with Crippen molar-refractivity contribution in [1.29, 1.82) is 0 Å². The molecule has 0 radical (unpaired) electrons. The third-order valence-electron chi connectivity index (χ3n) is 2.13. The third-order valence-corrected chi connectivity index (χ3v) is 3.11. The molecular formula is C10H10ClIN4. The van der Waals surface area contributed by atoms with Gasteiger partial charge in [-0.2, -0.15) is 0 Å². The van der Waals surface area contributed by atoms with E-state index in [1.54, 1.807) is 10.9 Å². The molecule has 4 nitrogen and oxygen atoms in total. The molecule has 2 aromatic rings. The zero-order valence-corrected chi connectivity index (χ0v) is 11.5. The molecule has 1 atom stereocenters. The van der Waals surface area contributed by atoms with Gasteiger partial charge in [0, 0.05) is 9.61 Å². The minimum Gasteiger partial charge on any atom is -0.323 e. The quantitative estimate of drug-likeness (QED) is 0.849. The van der Waals surface area contributed by atoms with Crippen molar-refractivity contribution < 1.29 is 0 Å². The van der Waals surface area contributed by atoms with Gasteiger partial charge in [-0.05, 0) is 47.7 Å². The maximum absolute atomic E-state index is 6.13. The molecule has 84 valence electrons. The van der Waals surface area contributed by atoms with Crippen LogP contribution in [0.25, 0.3) is 5.69 Å². The van der Waals surface area contributed by atoms with Gasteiger partial charge in [0.1, 0.15) is 0 Å². The fourth-order valence-electron chi connectivity index (χ4n) is 1.27. The SMILES string of the molecule is CC(N)c1cn(-c2ccc(I)cc2Cl)nn1. The molecule has 0 bridgehead atoms. The van der Waals surface area contributed by atoms with Crippen LogP contribution >= 0.6 is 34.2 Å². The lowest BCUT2D eigenvalue weighted by atomic mass is 10.3. The Labute approximate surface area is 112 Å². The molecule has 0 aliphatic carbocycles. The molecule has 0 fully saturated rings. The summed E-state index contributed by atoms with van der Waals surface area (Å²) in [6.45, 7) is 1.86. The Hall–Kier alpha value is -0.660. The summed E-state index contributed by atoms with van der Waals surface area (Å²) >= 11 is 8.34. The van der Waals surface area contributed by atoms with Crippen LogP contribution in [0.15, 0.2) is 24.4 Å². The van der Waals surface area contributed by atoms with Crippen molar-refractivity contribution in [2.24, 2.45) is 5.73 Å². The lowest BCUT2D eigenvalue weighted by Gasteiger charge is -2.03. The van der Waals surface area contributed by atoms with Gasteiger partial charge >= 0.3 is 0 Å². The smallest absolute Gasteiger partial charge is 0.0995 e. The van der Waals surface area contributed by atoms with Crippen LogP contribution < -0.4 is 5.73 Å². The predicted octanol–water partition coefficient (Wildman–Crippen LogP) is 2.55. The van der Waals surface area contributed by atoms with Gasteiger partial charge in [-0.3, -0.25) is 0 Å². The maximum atomic E-state index is 6.13. The molecule has 0 saturated heterocycles. The highest BCUT2D eigenvalue weighted by Crippen LogP contribution is 2.22. The first-order valence-electron chi connectivity index (χ1n) is 4.71. The van der Waals surface area contributed by atoms with Gasteiger partial charge in [-0.15, -0.1) is 5.10 Å². The summed E-state index contributed by atoms with van der Waals surface area (Å²) in [5, 5.41) is 8.63. The average Bonchev–Trinajstić information content (AvgIpc) is 2.66. The van der Waals surface area contributed by atoms with Gasteiger partial charge in [0.25, 0.3) is 0 Å². The number of rotatable bonds is 2. The van der Waals surface area contributed by atoms with Crippen molar-refractivity contribution in [1.82, 2.24) is 15.0 Å². The monoisotopic (exact) mass is 348 g/mol. The van der Waals surface area contributed by atoms with E-state index in [0.717, 1.165) is 15.0 Å². The van der Waals surface area contributed by atoms with E-state index in [4.69, 9.17) is 17.3 Å². The van der Waals surface area contributed by atoms with Gasteiger partial charge in [0.05, 0.1) is 22.6 Å². The van der Waals surface area contributed by atoms with Gasteiger partial charge in [-0.25, -0.2) is 4.68 Å². The number of halogens is 2. The second-order valence-corrected chi connectivity index (χ2v) is 5.13. The van der Waals surface area contributed by atoms with E-state index in [1.807, 2.05) is 25.1 Å². The van der Waals surface area contributed by atoms with Crippen molar-refractivity contribution in [3.8, 4) is 5.69 Å². The van der Waals surface area contributed by atoms with Crippen LogP contribution in [-0.4, -0.2) is 15.0 Å². The summed E-state index contributed by atoms with van der Waals surface area (Å²) < 4.78 is 2.72. The minimum absolute atomic E-state index is 0.128. The lowest BCUT2D eigenvalue weighted by Crippen LogP contribution is -2.04. The van der Waals surface area contributed by atoms with Crippen molar-refractivity contribution >= 4 is 34.2 Å². The molecule has 0 saturated carbocycles. The molecule has 1 aromatic carbocycles. The Kier molecular flexibility index (Phi) is 3.46. The van der Waals surface area contributed by atoms with Crippen LogP contribution in [0.5, 0.6) is 0 Å². The Bertz CT molecular complexity index is 509. The number of aromatic nitrogens is 3. The summed E-state index contributed by atoms with van der Waals surface area (Å²) in [5.74, 6) is 0. The van der Waals surface area contributed by atoms with Gasteiger partial charge < -0.3 is 5.73 Å². The molecule has 0 aliphatic heterocycles. The van der Waals surface area contributed by atoms with E-state index in [-0.39, 0.29) is 6.04 Å². The average molecular weight is 349 g/mol. The van der Waals surface area contributed by atoms with E-state index in [2.05, 4.69) is 32.9 Å². The molecule has 1 unspecified atom stereocenters. The number of benzene rings is 1. The second kappa shape index (κ2) is 4.68. The molecule has 2 N–H and O–H groups in total. The Morgan fingerprint density at radius 1 is 1.50 bits per heavy atom. The fraction of sp³-hybridized carbons (Fsp3) is 0.200. The summed E-state index contributed by atoms with van der Waals surface area (Å²) in [4.78, 5) is 0. The van der Waals surface area contributed by atoms with E-state index in [9.17, 15) is 0 Å². The number of hydrogen-bond donors (Lipinski definition) is 1. The fourth-order valence-corrected chi connectivity index (χ4v) is 2.21. The number of hydrogen-bond acceptors (Lipinski definition) is 3. The van der Waals surface area contributed by atoms with Crippen molar-refractivity contribution in [2.45, 2.75) is 13.0 Å².